The lowest BCUT2D eigenvalue weighted by molar-refractivity contribution is -0.140. The number of esters is 1. The van der Waals surface area contributed by atoms with Crippen molar-refractivity contribution in [1.82, 2.24) is 15.1 Å². The molecule has 1 aromatic carbocycles. The highest BCUT2D eigenvalue weighted by molar-refractivity contribution is 5.92. The smallest absolute Gasteiger partial charge is 0.307 e. The van der Waals surface area contributed by atoms with Gasteiger partial charge in [0.05, 0.1) is 25.8 Å². The molecule has 0 saturated heterocycles. The van der Waals surface area contributed by atoms with E-state index in [9.17, 15) is 9.59 Å². The number of nitrogens with zero attached hydrogens (tertiary/aromatic N) is 2. The van der Waals surface area contributed by atoms with E-state index in [1.54, 1.807) is 6.08 Å². The van der Waals surface area contributed by atoms with Crippen LogP contribution in [0.4, 0.5) is 0 Å². The summed E-state index contributed by atoms with van der Waals surface area (Å²) in [6.07, 6.45) is 3.38. The summed E-state index contributed by atoms with van der Waals surface area (Å²) in [6, 6.07) is 8.35. The molecule has 138 valence electrons. The molecule has 1 amide bonds. The molecule has 2 rings (SSSR count). The van der Waals surface area contributed by atoms with E-state index in [-0.39, 0.29) is 24.8 Å². The number of hydrogen-bond donors (Lipinski definition) is 1. The predicted octanol–water partition coefficient (Wildman–Crippen LogP) is 2.55. The molecule has 1 aromatic heterocycles. The van der Waals surface area contributed by atoms with Crippen LogP contribution in [-0.2, 0) is 20.9 Å². The molecule has 1 heterocycles. The maximum atomic E-state index is 11.9. The van der Waals surface area contributed by atoms with Crippen LogP contribution in [0.5, 0.6) is 0 Å². The first-order chi connectivity index (χ1) is 12.4. The van der Waals surface area contributed by atoms with Crippen molar-refractivity contribution in [2.75, 3.05) is 13.7 Å². The van der Waals surface area contributed by atoms with Crippen LogP contribution in [0.1, 0.15) is 34.5 Å². The van der Waals surface area contributed by atoms with Crippen molar-refractivity contribution in [3.05, 3.63) is 58.4 Å². The van der Waals surface area contributed by atoms with E-state index in [1.807, 2.05) is 18.5 Å². The average Bonchev–Trinajstić information content (AvgIpc) is 2.88. The van der Waals surface area contributed by atoms with Crippen molar-refractivity contribution in [2.24, 2.45) is 0 Å². The van der Waals surface area contributed by atoms with Gasteiger partial charge in [-0.25, -0.2) is 0 Å². The molecule has 1 N–H and O–H groups in total. The number of nitrogens with one attached hydrogen (secondary N) is 1. The SMILES string of the molecule is COC(=O)CCNC(=O)/C=C/c1c(C)nn(Cc2ccc(C)cc2)c1C. The number of aryl methyl sites for hydroxylation is 2. The maximum Gasteiger partial charge on any atom is 0.307 e. The molecule has 0 radical (unpaired) electrons. The van der Waals surface area contributed by atoms with E-state index in [0.717, 1.165) is 17.0 Å². The van der Waals surface area contributed by atoms with Crippen LogP contribution in [0.3, 0.4) is 0 Å². The highest BCUT2D eigenvalue weighted by Gasteiger charge is 2.10. The zero-order chi connectivity index (χ0) is 19.1. The van der Waals surface area contributed by atoms with Crippen molar-refractivity contribution < 1.29 is 14.3 Å². The number of methoxy groups -OCH3 is 1. The Bertz CT molecular complexity index is 804. The summed E-state index contributed by atoms with van der Waals surface area (Å²) in [7, 11) is 1.32. The Kier molecular flexibility index (Phi) is 6.72. The van der Waals surface area contributed by atoms with Gasteiger partial charge < -0.3 is 10.1 Å². The summed E-state index contributed by atoms with van der Waals surface area (Å²) in [5, 5.41) is 7.23. The Morgan fingerprint density at radius 2 is 1.88 bits per heavy atom. The quantitative estimate of drug-likeness (QED) is 0.612. The van der Waals surface area contributed by atoms with Crippen molar-refractivity contribution >= 4 is 18.0 Å². The second kappa shape index (κ2) is 8.99. The minimum Gasteiger partial charge on any atom is -0.469 e. The summed E-state index contributed by atoms with van der Waals surface area (Å²) >= 11 is 0. The Morgan fingerprint density at radius 3 is 2.54 bits per heavy atom. The van der Waals surface area contributed by atoms with Crippen molar-refractivity contribution in [2.45, 2.75) is 33.7 Å². The fraction of sp³-hybridized carbons (Fsp3) is 0.350. The summed E-state index contributed by atoms with van der Waals surface area (Å²) in [5.74, 6) is -0.600. The number of benzene rings is 1. The van der Waals surface area contributed by atoms with Gasteiger partial charge in [-0.1, -0.05) is 29.8 Å². The lowest BCUT2D eigenvalue weighted by atomic mass is 10.1. The van der Waals surface area contributed by atoms with E-state index in [0.29, 0.717) is 6.54 Å². The molecule has 0 unspecified atom stereocenters. The molecule has 0 bridgehead atoms. The molecule has 0 aliphatic carbocycles. The molecule has 0 fully saturated rings. The zero-order valence-electron chi connectivity index (χ0n) is 15.7. The third kappa shape index (κ3) is 5.31. The molecule has 2 aromatic rings. The third-order valence-corrected chi connectivity index (χ3v) is 4.15. The zero-order valence-corrected chi connectivity index (χ0v) is 15.7. The predicted molar refractivity (Wildman–Crippen MR) is 101 cm³/mol. The van der Waals surface area contributed by atoms with Gasteiger partial charge in [-0.2, -0.15) is 5.10 Å². The van der Waals surface area contributed by atoms with Crippen LogP contribution >= 0.6 is 0 Å². The summed E-state index contributed by atoms with van der Waals surface area (Å²) in [4.78, 5) is 22.9. The number of rotatable bonds is 7. The van der Waals surface area contributed by atoms with Crippen LogP contribution in [0, 0.1) is 20.8 Å². The van der Waals surface area contributed by atoms with Gasteiger partial charge >= 0.3 is 5.97 Å². The molecule has 6 nitrogen and oxygen atoms in total. The molecule has 6 heteroatoms. The highest BCUT2D eigenvalue weighted by Crippen LogP contribution is 2.16. The maximum absolute atomic E-state index is 11.9. The first kappa shape index (κ1) is 19.4. The molecule has 0 aliphatic rings. The number of carbonyl (C=O) groups is 2. The second-order valence-electron chi connectivity index (χ2n) is 6.18. The topological polar surface area (TPSA) is 73.2 Å². The van der Waals surface area contributed by atoms with Gasteiger partial charge in [0.1, 0.15) is 0 Å². The van der Waals surface area contributed by atoms with Gasteiger partial charge in [0, 0.05) is 23.9 Å². The molecular formula is C20H25N3O3. The molecular weight excluding hydrogens is 330 g/mol. The normalized spacial score (nSPS) is 10.9. The number of aromatic nitrogens is 2. The highest BCUT2D eigenvalue weighted by atomic mass is 16.5. The Morgan fingerprint density at radius 1 is 1.19 bits per heavy atom. The Labute approximate surface area is 153 Å². The molecule has 26 heavy (non-hydrogen) atoms. The van der Waals surface area contributed by atoms with Gasteiger partial charge in [-0.05, 0) is 32.4 Å². The largest absolute Gasteiger partial charge is 0.469 e. The molecule has 0 saturated carbocycles. The number of carbonyl (C=O) groups excluding carboxylic acids is 2. The van der Waals surface area contributed by atoms with Crippen molar-refractivity contribution in [3.63, 3.8) is 0 Å². The van der Waals surface area contributed by atoms with Crippen molar-refractivity contribution in [3.8, 4) is 0 Å². The third-order valence-electron chi connectivity index (χ3n) is 4.15. The number of ether oxygens (including phenoxy) is 1. The summed E-state index contributed by atoms with van der Waals surface area (Å²) < 4.78 is 6.47. The molecule has 0 aliphatic heterocycles. The number of hydrogen-bond acceptors (Lipinski definition) is 4. The Balaban J connectivity index is 2.01. The standard InChI is InChI=1S/C20H25N3O3/c1-14-5-7-17(8-6-14)13-23-16(3)18(15(2)22-23)9-10-19(24)21-12-11-20(25)26-4/h5-10H,11-13H2,1-4H3,(H,21,24)/b10-9+. The molecule has 0 atom stereocenters. The van der Waals surface area contributed by atoms with Gasteiger partial charge in [0.2, 0.25) is 5.91 Å². The van der Waals surface area contributed by atoms with E-state index in [2.05, 4.69) is 46.3 Å². The van der Waals surface area contributed by atoms with Crippen LogP contribution in [-0.4, -0.2) is 35.3 Å². The van der Waals surface area contributed by atoms with Crippen molar-refractivity contribution in [1.29, 1.82) is 0 Å². The lowest BCUT2D eigenvalue weighted by Gasteiger charge is -2.05. The monoisotopic (exact) mass is 355 g/mol. The lowest BCUT2D eigenvalue weighted by Crippen LogP contribution is -2.24. The Hall–Kier alpha value is -2.89. The second-order valence-corrected chi connectivity index (χ2v) is 6.18. The number of amides is 1. The van der Waals surface area contributed by atoms with E-state index in [1.165, 1.54) is 24.3 Å². The van der Waals surface area contributed by atoms with Gasteiger partial charge in [0.25, 0.3) is 0 Å². The minimum absolute atomic E-state index is 0.155. The van der Waals surface area contributed by atoms with Gasteiger partial charge in [0.15, 0.2) is 0 Å². The van der Waals surface area contributed by atoms with E-state index < -0.39 is 0 Å². The summed E-state index contributed by atoms with van der Waals surface area (Å²) in [6.45, 7) is 6.91. The molecule has 0 spiro atoms. The van der Waals surface area contributed by atoms with E-state index >= 15 is 0 Å². The van der Waals surface area contributed by atoms with Gasteiger partial charge in [-0.3, -0.25) is 14.3 Å². The first-order valence-electron chi connectivity index (χ1n) is 8.53. The van der Waals surface area contributed by atoms with Gasteiger partial charge in [-0.15, -0.1) is 0 Å². The van der Waals surface area contributed by atoms with Crippen LogP contribution in [0.2, 0.25) is 0 Å². The van der Waals surface area contributed by atoms with Crippen LogP contribution in [0.25, 0.3) is 6.08 Å². The summed E-state index contributed by atoms with van der Waals surface area (Å²) in [5.41, 5.74) is 5.20. The van der Waals surface area contributed by atoms with E-state index in [4.69, 9.17) is 0 Å². The first-order valence-corrected chi connectivity index (χ1v) is 8.53. The minimum atomic E-state index is -0.349. The average molecular weight is 355 g/mol. The van der Waals surface area contributed by atoms with Crippen LogP contribution in [0.15, 0.2) is 30.3 Å². The van der Waals surface area contributed by atoms with Crippen LogP contribution < -0.4 is 5.32 Å². The fourth-order valence-electron chi connectivity index (χ4n) is 2.58. The fourth-order valence-corrected chi connectivity index (χ4v) is 2.58.